The Bertz CT molecular complexity index is 809. The van der Waals surface area contributed by atoms with Gasteiger partial charge in [0.25, 0.3) is 0 Å². The predicted molar refractivity (Wildman–Crippen MR) is 89.3 cm³/mol. The number of hydrogen-bond acceptors (Lipinski definition) is 4. The molecule has 0 radical (unpaired) electrons. The van der Waals surface area contributed by atoms with Crippen LogP contribution in [0.25, 0.3) is 11.4 Å². The number of nitrogens with zero attached hydrogens (tertiary/aromatic N) is 4. The maximum absolute atomic E-state index is 13.2. The van der Waals surface area contributed by atoms with Crippen LogP contribution in [0.15, 0.2) is 24.3 Å². The first-order valence-electron chi connectivity index (χ1n) is 8.54. The summed E-state index contributed by atoms with van der Waals surface area (Å²) in [6.45, 7) is 6.23. The third kappa shape index (κ3) is 2.77. The molecule has 2 bridgehead atoms. The predicted octanol–water partition coefficient (Wildman–Crippen LogP) is 3.54. The first-order valence-corrected chi connectivity index (χ1v) is 8.54. The summed E-state index contributed by atoms with van der Waals surface area (Å²) in [6, 6.07) is 6.20. The second-order valence-corrected chi connectivity index (χ2v) is 7.63. The van der Waals surface area contributed by atoms with E-state index in [2.05, 4.69) is 14.8 Å². The molecule has 1 amide bonds. The zero-order valence-corrected chi connectivity index (χ0v) is 14.6. The van der Waals surface area contributed by atoms with E-state index in [1.54, 1.807) is 12.1 Å². The number of benzene rings is 1. The molecule has 2 aromatic rings. The number of carbonyl (C=O) groups excluding carboxylic acids is 1. The monoisotopic (exact) mass is 344 g/mol. The van der Waals surface area contributed by atoms with E-state index < -0.39 is 5.60 Å². The van der Waals surface area contributed by atoms with Gasteiger partial charge in [0.2, 0.25) is 0 Å². The van der Waals surface area contributed by atoms with Crippen molar-refractivity contribution in [1.29, 1.82) is 0 Å². The topological polar surface area (TPSA) is 60.2 Å². The molecule has 6 nitrogen and oxygen atoms in total. The Labute approximate surface area is 145 Å². The van der Waals surface area contributed by atoms with Gasteiger partial charge in [-0.15, -0.1) is 10.2 Å². The number of carbonyl (C=O) groups is 1. The number of rotatable bonds is 1. The van der Waals surface area contributed by atoms with Crippen molar-refractivity contribution < 1.29 is 13.9 Å². The second-order valence-electron chi connectivity index (χ2n) is 7.63. The van der Waals surface area contributed by atoms with Crippen LogP contribution >= 0.6 is 0 Å². The van der Waals surface area contributed by atoms with E-state index in [0.717, 1.165) is 30.1 Å². The smallest absolute Gasteiger partial charge is 0.411 e. The lowest BCUT2D eigenvalue weighted by Crippen LogP contribution is -2.46. The van der Waals surface area contributed by atoms with Crippen LogP contribution in [0.5, 0.6) is 0 Å². The Morgan fingerprint density at radius 2 is 1.92 bits per heavy atom. The van der Waals surface area contributed by atoms with Crippen LogP contribution in [0.1, 0.15) is 45.5 Å². The van der Waals surface area contributed by atoms with Crippen molar-refractivity contribution >= 4 is 6.09 Å². The van der Waals surface area contributed by atoms with E-state index in [0.29, 0.717) is 6.54 Å². The Balaban J connectivity index is 1.66. The Morgan fingerprint density at radius 3 is 2.60 bits per heavy atom. The first-order chi connectivity index (χ1) is 11.8. The number of ether oxygens (including phenoxy) is 1. The molecule has 1 aromatic heterocycles. The SMILES string of the molecule is CC(C)(C)OC(=O)N1[C@H]2CC[C@@H]1c1nnc(-c3ccc(F)cc3)n1C2. The molecule has 25 heavy (non-hydrogen) atoms. The van der Waals surface area contributed by atoms with Gasteiger partial charge < -0.3 is 9.30 Å². The van der Waals surface area contributed by atoms with Crippen LogP contribution in [0.2, 0.25) is 0 Å². The number of fused-ring (bicyclic) bond motifs is 4. The molecule has 132 valence electrons. The molecule has 1 aromatic carbocycles. The number of aromatic nitrogens is 3. The largest absolute Gasteiger partial charge is 0.444 e. The summed E-state index contributed by atoms with van der Waals surface area (Å²) in [4.78, 5) is 14.4. The van der Waals surface area contributed by atoms with Crippen LogP contribution < -0.4 is 0 Å². The molecule has 7 heteroatoms. The van der Waals surface area contributed by atoms with Crippen LogP contribution in [-0.2, 0) is 11.3 Å². The van der Waals surface area contributed by atoms with Crippen molar-refractivity contribution in [2.24, 2.45) is 0 Å². The molecule has 1 fully saturated rings. The first kappa shape index (κ1) is 16.1. The molecule has 0 N–H and O–H groups in total. The number of amides is 1. The van der Waals surface area contributed by atoms with E-state index in [1.807, 2.05) is 25.7 Å². The van der Waals surface area contributed by atoms with Gasteiger partial charge >= 0.3 is 6.09 Å². The van der Waals surface area contributed by atoms with Crippen LogP contribution in [0, 0.1) is 5.82 Å². The molecular formula is C18H21FN4O2. The second kappa shape index (κ2) is 5.54. The zero-order valence-electron chi connectivity index (χ0n) is 14.6. The van der Waals surface area contributed by atoms with Gasteiger partial charge in [0.1, 0.15) is 11.4 Å². The lowest BCUT2D eigenvalue weighted by atomic mass is 10.1. The highest BCUT2D eigenvalue weighted by Gasteiger charge is 2.46. The Kier molecular flexibility index (Phi) is 3.56. The summed E-state index contributed by atoms with van der Waals surface area (Å²) in [7, 11) is 0. The molecule has 0 saturated carbocycles. The lowest BCUT2D eigenvalue weighted by Gasteiger charge is -2.36. The number of hydrogen-bond donors (Lipinski definition) is 0. The van der Waals surface area contributed by atoms with E-state index in [-0.39, 0.29) is 24.0 Å². The van der Waals surface area contributed by atoms with Crippen LogP contribution in [0.4, 0.5) is 9.18 Å². The normalized spacial score (nSPS) is 22.0. The molecule has 0 spiro atoms. The maximum Gasteiger partial charge on any atom is 0.411 e. The van der Waals surface area contributed by atoms with Gasteiger partial charge in [0.15, 0.2) is 11.6 Å². The molecular weight excluding hydrogens is 323 g/mol. The Hall–Kier alpha value is -2.44. The summed E-state index contributed by atoms with van der Waals surface area (Å²) in [5.41, 5.74) is 0.297. The van der Waals surface area contributed by atoms with Gasteiger partial charge in [-0.1, -0.05) is 0 Å². The van der Waals surface area contributed by atoms with Crippen LogP contribution in [0.3, 0.4) is 0 Å². The van der Waals surface area contributed by atoms with Crippen molar-refractivity contribution in [2.75, 3.05) is 0 Å². The fourth-order valence-corrected chi connectivity index (χ4v) is 3.67. The third-order valence-corrected chi connectivity index (χ3v) is 4.68. The van der Waals surface area contributed by atoms with E-state index >= 15 is 0 Å². The van der Waals surface area contributed by atoms with Gasteiger partial charge in [0, 0.05) is 12.1 Å². The third-order valence-electron chi connectivity index (χ3n) is 4.68. The fraction of sp³-hybridized carbons (Fsp3) is 0.500. The van der Waals surface area contributed by atoms with E-state index in [4.69, 9.17) is 4.74 Å². The van der Waals surface area contributed by atoms with Crippen molar-refractivity contribution in [2.45, 2.75) is 57.8 Å². The molecule has 2 aliphatic rings. The van der Waals surface area contributed by atoms with E-state index in [1.165, 1.54) is 12.1 Å². The standard InChI is InChI=1S/C18H21FN4O2/c1-18(2,3)25-17(24)23-13-8-9-14(23)16-21-20-15(22(16)10-13)11-4-6-12(19)7-5-11/h4-7,13-14H,8-10H2,1-3H3/t13-,14+/m0/s1. The molecule has 4 rings (SSSR count). The van der Waals surface area contributed by atoms with Crippen LogP contribution in [-0.4, -0.2) is 37.4 Å². The minimum absolute atomic E-state index is 0.0718. The molecule has 0 aliphatic carbocycles. The molecule has 3 heterocycles. The van der Waals surface area contributed by atoms with Gasteiger partial charge in [-0.2, -0.15) is 0 Å². The summed E-state index contributed by atoms with van der Waals surface area (Å²) in [5, 5.41) is 8.63. The van der Waals surface area contributed by atoms with Crippen molar-refractivity contribution in [3.8, 4) is 11.4 Å². The highest BCUT2D eigenvalue weighted by molar-refractivity contribution is 5.70. The minimum Gasteiger partial charge on any atom is -0.444 e. The summed E-state index contributed by atoms with van der Waals surface area (Å²) in [6.07, 6.45) is 1.47. The zero-order chi connectivity index (χ0) is 17.8. The number of halogens is 1. The van der Waals surface area contributed by atoms with Crippen molar-refractivity contribution in [3.63, 3.8) is 0 Å². The van der Waals surface area contributed by atoms with Gasteiger partial charge in [-0.25, -0.2) is 9.18 Å². The summed E-state index contributed by atoms with van der Waals surface area (Å²) < 4.78 is 20.8. The van der Waals surface area contributed by atoms with Crippen molar-refractivity contribution in [1.82, 2.24) is 19.7 Å². The quantitative estimate of drug-likeness (QED) is 0.794. The van der Waals surface area contributed by atoms with Gasteiger partial charge in [-0.05, 0) is 57.9 Å². The Morgan fingerprint density at radius 1 is 1.20 bits per heavy atom. The van der Waals surface area contributed by atoms with Gasteiger partial charge in [0.05, 0.1) is 12.1 Å². The summed E-state index contributed by atoms with van der Waals surface area (Å²) in [5.74, 6) is 1.22. The highest BCUT2D eigenvalue weighted by Crippen LogP contribution is 2.42. The van der Waals surface area contributed by atoms with Gasteiger partial charge in [-0.3, -0.25) is 4.90 Å². The average Bonchev–Trinajstić information content (AvgIpc) is 3.08. The average molecular weight is 344 g/mol. The molecule has 2 atom stereocenters. The fourth-order valence-electron chi connectivity index (χ4n) is 3.67. The minimum atomic E-state index is -0.527. The lowest BCUT2D eigenvalue weighted by molar-refractivity contribution is 0.00789. The maximum atomic E-state index is 13.2. The van der Waals surface area contributed by atoms with E-state index in [9.17, 15) is 9.18 Å². The van der Waals surface area contributed by atoms with Crippen molar-refractivity contribution in [3.05, 3.63) is 35.9 Å². The molecule has 0 unspecified atom stereocenters. The highest BCUT2D eigenvalue weighted by atomic mass is 19.1. The summed E-state index contributed by atoms with van der Waals surface area (Å²) >= 11 is 0. The molecule has 1 saturated heterocycles. The molecule has 2 aliphatic heterocycles.